The van der Waals surface area contributed by atoms with Crippen molar-refractivity contribution in [1.29, 1.82) is 0 Å². The maximum absolute atomic E-state index is 13.4. The Hall–Kier alpha value is -0.830. The van der Waals surface area contributed by atoms with Crippen LogP contribution in [0.5, 0.6) is 0 Å². The van der Waals surface area contributed by atoms with Crippen LogP contribution in [0.1, 0.15) is 92.9 Å². The summed E-state index contributed by atoms with van der Waals surface area (Å²) in [5, 5.41) is 43.0. The van der Waals surface area contributed by atoms with Gasteiger partial charge < -0.3 is 29.9 Å². The van der Waals surface area contributed by atoms with Gasteiger partial charge in [0.2, 0.25) is 0 Å². The van der Waals surface area contributed by atoms with E-state index in [2.05, 4.69) is 20.8 Å². The summed E-state index contributed by atoms with van der Waals surface area (Å²) in [6.45, 7) is 12.5. The third-order valence-electron chi connectivity index (χ3n) is 11.6. The molecule has 7 heteroatoms. The maximum Gasteiger partial charge on any atom is 0.164 e. The molecule has 1 aliphatic heterocycles. The van der Waals surface area contributed by atoms with Gasteiger partial charge in [-0.25, -0.2) is 0 Å². The monoisotopic (exact) mass is 520 g/mol. The third kappa shape index (κ3) is 3.93. The number of aliphatic hydroxyl groups is 4. The molecule has 11 unspecified atom stereocenters. The zero-order valence-electron chi connectivity index (χ0n) is 23.5. The molecule has 37 heavy (non-hydrogen) atoms. The highest BCUT2D eigenvalue weighted by Gasteiger charge is 2.71. The van der Waals surface area contributed by atoms with Crippen LogP contribution in [0.3, 0.4) is 0 Å². The van der Waals surface area contributed by atoms with Gasteiger partial charge in [0.05, 0.1) is 29.5 Å². The number of rotatable bonds is 5. The second kappa shape index (κ2) is 8.84. The number of carbonyl (C=O) groups excluding carboxylic acids is 1. The Morgan fingerprint density at radius 2 is 1.76 bits per heavy atom. The predicted octanol–water partition coefficient (Wildman–Crippen LogP) is 3.51. The van der Waals surface area contributed by atoms with Crippen LogP contribution in [0.25, 0.3) is 0 Å². The molecule has 0 radical (unpaired) electrons. The molecular weight excluding hydrogens is 472 g/mol. The van der Waals surface area contributed by atoms with Crippen molar-refractivity contribution < 1.29 is 34.7 Å². The fourth-order valence-electron chi connectivity index (χ4n) is 9.54. The van der Waals surface area contributed by atoms with Crippen molar-refractivity contribution in [2.24, 2.45) is 34.5 Å². The second-order valence-corrected chi connectivity index (χ2v) is 14.3. The molecule has 4 aliphatic carbocycles. The van der Waals surface area contributed by atoms with E-state index < -0.39 is 40.0 Å². The van der Waals surface area contributed by atoms with Gasteiger partial charge in [0.1, 0.15) is 0 Å². The molecule has 0 aromatic rings. The van der Waals surface area contributed by atoms with E-state index in [1.165, 1.54) is 0 Å². The van der Waals surface area contributed by atoms with Gasteiger partial charge in [-0.2, -0.15) is 0 Å². The average molecular weight is 521 g/mol. The van der Waals surface area contributed by atoms with Crippen molar-refractivity contribution in [3.8, 4) is 0 Å². The topological polar surface area (TPSA) is 116 Å². The fourth-order valence-corrected chi connectivity index (χ4v) is 9.54. The molecule has 1 heterocycles. The Labute approximate surface area is 221 Å². The Bertz CT molecular complexity index is 962. The van der Waals surface area contributed by atoms with Crippen LogP contribution < -0.4 is 0 Å². The van der Waals surface area contributed by atoms with Crippen LogP contribution in [-0.2, 0) is 14.3 Å². The van der Waals surface area contributed by atoms with Gasteiger partial charge in [-0.15, -0.1) is 0 Å². The standard InChI is InChI=1S/C30H48O7/c1-17(16-31)7-8-25-29(6,37-26(2,3)36-25)24-10-12-30(35)19-13-21(32)20-14-22(33)23(34)15-27(20,4)18(19)9-11-28(24,30)5/h13,17-18,20,22-25,31,33-35H,7-12,14-16H2,1-6H3. The van der Waals surface area contributed by atoms with Crippen LogP contribution >= 0.6 is 0 Å². The molecule has 0 aromatic heterocycles. The van der Waals surface area contributed by atoms with E-state index in [0.717, 1.165) is 37.7 Å². The molecule has 3 saturated carbocycles. The molecule has 0 spiro atoms. The van der Waals surface area contributed by atoms with E-state index in [9.17, 15) is 25.2 Å². The fraction of sp³-hybridized carbons (Fsp3) is 0.900. The first-order valence-electron chi connectivity index (χ1n) is 14.4. The molecule has 4 fully saturated rings. The van der Waals surface area contributed by atoms with Crippen molar-refractivity contribution in [1.82, 2.24) is 0 Å². The van der Waals surface area contributed by atoms with Gasteiger partial charge in [-0.3, -0.25) is 4.79 Å². The summed E-state index contributed by atoms with van der Waals surface area (Å²) in [5.74, 6) is -0.879. The molecule has 5 rings (SSSR count). The number of aliphatic hydroxyl groups excluding tert-OH is 3. The Kier molecular flexibility index (Phi) is 6.62. The van der Waals surface area contributed by atoms with Gasteiger partial charge in [-0.1, -0.05) is 20.8 Å². The average Bonchev–Trinajstić information content (AvgIpc) is 3.23. The Morgan fingerprint density at radius 1 is 1.05 bits per heavy atom. The first kappa shape index (κ1) is 27.7. The Balaban J connectivity index is 1.50. The minimum absolute atomic E-state index is 0.000342. The van der Waals surface area contributed by atoms with Crippen LogP contribution in [0.15, 0.2) is 11.6 Å². The van der Waals surface area contributed by atoms with Crippen molar-refractivity contribution >= 4 is 5.78 Å². The molecule has 210 valence electrons. The van der Waals surface area contributed by atoms with Crippen LogP contribution in [-0.4, -0.2) is 68.1 Å². The van der Waals surface area contributed by atoms with E-state index in [1.807, 2.05) is 20.8 Å². The first-order valence-corrected chi connectivity index (χ1v) is 14.4. The molecule has 0 aromatic carbocycles. The lowest BCUT2D eigenvalue weighted by Gasteiger charge is -2.60. The van der Waals surface area contributed by atoms with Crippen molar-refractivity contribution in [3.05, 3.63) is 11.6 Å². The van der Waals surface area contributed by atoms with Crippen LogP contribution in [0, 0.1) is 34.5 Å². The molecule has 0 amide bonds. The third-order valence-corrected chi connectivity index (χ3v) is 11.6. The predicted molar refractivity (Wildman–Crippen MR) is 138 cm³/mol. The largest absolute Gasteiger partial charge is 0.396 e. The highest BCUT2D eigenvalue weighted by Crippen LogP contribution is 2.69. The summed E-state index contributed by atoms with van der Waals surface area (Å²) in [6.07, 6.45) is 5.05. The highest BCUT2D eigenvalue weighted by atomic mass is 16.8. The van der Waals surface area contributed by atoms with Crippen LogP contribution in [0.2, 0.25) is 0 Å². The lowest BCUT2D eigenvalue weighted by molar-refractivity contribution is -0.191. The summed E-state index contributed by atoms with van der Waals surface area (Å²) in [7, 11) is 0. The molecule has 7 nitrogen and oxygen atoms in total. The molecule has 1 saturated heterocycles. The number of allylic oxidation sites excluding steroid dienone is 1. The number of ether oxygens (including phenoxy) is 2. The molecule has 5 aliphatic rings. The maximum atomic E-state index is 13.4. The van der Waals surface area contributed by atoms with Gasteiger partial charge in [0.25, 0.3) is 0 Å². The zero-order valence-corrected chi connectivity index (χ0v) is 23.5. The van der Waals surface area contributed by atoms with Crippen molar-refractivity contribution in [3.63, 3.8) is 0 Å². The molecule has 11 atom stereocenters. The summed E-state index contributed by atoms with van der Waals surface area (Å²) < 4.78 is 13.2. The van der Waals surface area contributed by atoms with E-state index in [4.69, 9.17) is 9.47 Å². The number of hydrogen-bond acceptors (Lipinski definition) is 7. The van der Waals surface area contributed by atoms with Crippen molar-refractivity contribution in [2.75, 3.05) is 6.61 Å². The van der Waals surface area contributed by atoms with E-state index in [1.54, 1.807) is 6.08 Å². The Morgan fingerprint density at radius 3 is 2.43 bits per heavy atom. The lowest BCUT2D eigenvalue weighted by Crippen LogP contribution is -2.62. The normalized spacial score (nSPS) is 51.7. The first-order chi connectivity index (χ1) is 17.1. The van der Waals surface area contributed by atoms with E-state index >= 15 is 0 Å². The van der Waals surface area contributed by atoms with Gasteiger partial charge in [-0.05, 0) is 107 Å². The SMILES string of the molecule is CC(CO)CCC1OC(C)(C)OC1(C)C1CCC2(O)C3=CC(=O)C4CC(O)C(O)CC4(C)C3CCC12C. The summed E-state index contributed by atoms with van der Waals surface area (Å²) in [4.78, 5) is 13.4. The summed E-state index contributed by atoms with van der Waals surface area (Å²) >= 11 is 0. The quantitative estimate of drug-likeness (QED) is 0.438. The number of ketones is 1. The minimum Gasteiger partial charge on any atom is -0.396 e. The van der Waals surface area contributed by atoms with Crippen LogP contribution in [0.4, 0.5) is 0 Å². The van der Waals surface area contributed by atoms with Gasteiger partial charge in [0, 0.05) is 17.9 Å². The molecular formula is C30H48O7. The summed E-state index contributed by atoms with van der Waals surface area (Å²) in [5.41, 5.74) is -1.88. The molecule has 0 bridgehead atoms. The molecule has 4 N–H and O–H groups in total. The number of fused-ring (bicyclic) bond motifs is 5. The zero-order chi connectivity index (χ0) is 27.2. The van der Waals surface area contributed by atoms with E-state index in [-0.39, 0.29) is 48.6 Å². The number of carbonyl (C=O) groups is 1. The van der Waals surface area contributed by atoms with E-state index in [0.29, 0.717) is 12.8 Å². The second-order valence-electron chi connectivity index (χ2n) is 14.3. The minimum atomic E-state index is -1.13. The van der Waals surface area contributed by atoms with Gasteiger partial charge in [0.15, 0.2) is 11.6 Å². The van der Waals surface area contributed by atoms with Crippen molar-refractivity contribution in [2.45, 2.75) is 128 Å². The smallest absolute Gasteiger partial charge is 0.164 e. The lowest BCUT2D eigenvalue weighted by atomic mass is 9.45. The highest BCUT2D eigenvalue weighted by molar-refractivity contribution is 5.95. The number of hydrogen-bond donors (Lipinski definition) is 4. The summed E-state index contributed by atoms with van der Waals surface area (Å²) in [6, 6.07) is 0. The van der Waals surface area contributed by atoms with Gasteiger partial charge >= 0.3 is 0 Å².